The Kier molecular flexibility index (Phi) is 5.37. The van der Waals surface area contributed by atoms with Crippen molar-refractivity contribution >= 4 is 16.7 Å². The highest BCUT2D eigenvalue weighted by atomic mass is 16.5. The number of amides is 1. The first-order chi connectivity index (χ1) is 16.2. The van der Waals surface area contributed by atoms with Gasteiger partial charge in [0.05, 0.1) is 5.41 Å². The molecule has 2 aromatic heterocycles. The second-order valence-electron chi connectivity index (χ2n) is 9.98. The molecule has 1 saturated carbocycles. The molecule has 1 unspecified atom stereocenters. The lowest BCUT2D eigenvalue weighted by Gasteiger charge is -2.41. The molecule has 1 atom stereocenters. The molecule has 7 heteroatoms. The predicted octanol–water partition coefficient (Wildman–Crippen LogP) is 4.49. The van der Waals surface area contributed by atoms with Crippen molar-refractivity contribution < 1.29 is 14.1 Å². The molecule has 0 bridgehead atoms. The van der Waals surface area contributed by atoms with E-state index in [0.717, 1.165) is 74.4 Å². The standard InChI is InChI=1S/C26H30N4O3/c31-24(22-21-5-2-1-4-19(21)8-12-27-22)30-13-3-11-26(17-30,16-18-6-7-18)25-28-23(33-29-25)20-9-14-32-15-10-20/h1-2,4-5,8,12,18,20H,3,6-7,9-11,13-17H2. The van der Waals surface area contributed by atoms with Gasteiger partial charge >= 0.3 is 0 Å². The Morgan fingerprint density at radius 3 is 2.82 bits per heavy atom. The van der Waals surface area contributed by atoms with E-state index in [0.29, 0.717) is 18.2 Å². The highest BCUT2D eigenvalue weighted by molar-refractivity contribution is 6.05. The van der Waals surface area contributed by atoms with E-state index >= 15 is 0 Å². The Hall–Kier alpha value is -2.80. The number of benzene rings is 1. The molecule has 0 N–H and O–H groups in total. The fraction of sp³-hybridized carbons (Fsp3) is 0.538. The van der Waals surface area contributed by atoms with Gasteiger partial charge in [-0.25, -0.2) is 0 Å². The van der Waals surface area contributed by atoms with Gasteiger partial charge in [-0.2, -0.15) is 4.98 Å². The van der Waals surface area contributed by atoms with E-state index in [2.05, 4.69) is 10.1 Å². The number of nitrogens with zero attached hydrogens (tertiary/aromatic N) is 4. The first-order valence-corrected chi connectivity index (χ1v) is 12.3. The summed E-state index contributed by atoms with van der Waals surface area (Å²) in [5, 5.41) is 6.45. The molecule has 1 aliphatic carbocycles. The fourth-order valence-electron chi connectivity index (χ4n) is 5.62. The van der Waals surface area contributed by atoms with E-state index in [1.807, 2.05) is 35.2 Å². The summed E-state index contributed by atoms with van der Waals surface area (Å²) in [6.45, 7) is 2.85. The number of rotatable bonds is 5. The number of aromatic nitrogens is 3. The first kappa shape index (κ1) is 20.8. The lowest BCUT2D eigenvalue weighted by molar-refractivity contribution is 0.0603. The van der Waals surface area contributed by atoms with E-state index in [-0.39, 0.29) is 17.2 Å². The minimum absolute atomic E-state index is 0.000167. The Labute approximate surface area is 193 Å². The molecular weight excluding hydrogens is 416 g/mol. The molecule has 7 nitrogen and oxygen atoms in total. The first-order valence-electron chi connectivity index (χ1n) is 12.3. The molecule has 172 valence electrons. The van der Waals surface area contributed by atoms with Crippen LogP contribution in [0.2, 0.25) is 0 Å². The second kappa shape index (κ2) is 8.52. The molecule has 3 aliphatic rings. The van der Waals surface area contributed by atoms with Crippen molar-refractivity contribution in [1.82, 2.24) is 20.0 Å². The maximum atomic E-state index is 13.7. The summed E-state index contributed by atoms with van der Waals surface area (Å²) in [5.41, 5.74) is 0.290. The van der Waals surface area contributed by atoms with Crippen molar-refractivity contribution in [2.24, 2.45) is 5.92 Å². The van der Waals surface area contributed by atoms with Crippen molar-refractivity contribution in [1.29, 1.82) is 0 Å². The zero-order chi connectivity index (χ0) is 22.3. The Balaban J connectivity index is 1.30. The van der Waals surface area contributed by atoms with Gasteiger partial charge < -0.3 is 14.2 Å². The Morgan fingerprint density at radius 1 is 1.12 bits per heavy atom. The largest absolute Gasteiger partial charge is 0.381 e. The van der Waals surface area contributed by atoms with Crippen LogP contribution in [0, 0.1) is 5.92 Å². The fourth-order valence-corrected chi connectivity index (χ4v) is 5.62. The topological polar surface area (TPSA) is 81.4 Å². The van der Waals surface area contributed by atoms with Gasteiger partial charge in [0.2, 0.25) is 5.89 Å². The number of carbonyl (C=O) groups excluding carboxylic acids is 1. The van der Waals surface area contributed by atoms with Gasteiger partial charge in [0.1, 0.15) is 5.69 Å². The number of ether oxygens (including phenoxy) is 1. The molecule has 4 heterocycles. The van der Waals surface area contributed by atoms with E-state index in [9.17, 15) is 4.79 Å². The maximum absolute atomic E-state index is 13.7. The van der Waals surface area contributed by atoms with Crippen LogP contribution in [-0.4, -0.2) is 52.2 Å². The van der Waals surface area contributed by atoms with E-state index in [4.69, 9.17) is 14.2 Å². The van der Waals surface area contributed by atoms with Gasteiger partial charge in [-0.05, 0) is 49.5 Å². The molecule has 3 aromatic rings. The summed E-state index contributed by atoms with van der Waals surface area (Å²) in [4.78, 5) is 25.1. The smallest absolute Gasteiger partial charge is 0.273 e. The number of piperidine rings is 1. The molecule has 33 heavy (non-hydrogen) atoms. The second-order valence-corrected chi connectivity index (χ2v) is 9.98. The Bertz CT molecular complexity index is 1150. The van der Waals surface area contributed by atoms with Crippen molar-refractivity contribution in [3.63, 3.8) is 0 Å². The van der Waals surface area contributed by atoms with Crippen LogP contribution in [0.3, 0.4) is 0 Å². The number of hydrogen-bond donors (Lipinski definition) is 0. The summed E-state index contributed by atoms with van der Waals surface area (Å²) in [5.74, 6) is 2.50. The van der Waals surface area contributed by atoms with Gasteiger partial charge in [-0.1, -0.05) is 42.3 Å². The molecular formula is C26H30N4O3. The minimum Gasteiger partial charge on any atom is -0.381 e. The van der Waals surface area contributed by atoms with E-state index in [1.165, 1.54) is 12.8 Å². The SMILES string of the molecule is O=C(c1nccc2ccccc12)N1CCCC(CC2CC2)(c2noc(C3CCOCC3)n2)C1. The summed E-state index contributed by atoms with van der Waals surface area (Å²) >= 11 is 0. The quantitative estimate of drug-likeness (QED) is 0.575. The third-order valence-electron chi connectivity index (χ3n) is 7.60. The van der Waals surface area contributed by atoms with Crippen molar-refractivity contribution in [2.75, 3.05) is 26.3 Å². The van der Waals surface area contributed by atoms with Gasteiger partial charge in [-0.3, -0.25) is 9.78 Å². The maximum Gasteiger partial charge on any atom is 0.273 e. The van der Waals surface area contributed by atoms with Gasteiger partial charge in [0.15, 0.2) is 5.82 Å². The average molecular weight is 447 g/mol. The molecule has 3 fully saturated rings. The normalized spacial score (nSPS) is 24.3. The molecule has 1 aromatic carbocycles. The molecule has 6 rings (SSSR count). The summed E-state index contributed by atoms with van der Waals surface area (Å²) in [6.07, 6.45) is 9.04. The summed E-state index contributed by atoms with van der Waals surface area (Å²) in [6, 6.07) is 9.92. The molecule has 0 spiro atoms. The average Bonchev–Trinajstić information content (AvgIpc) is 3.53. The van der Waals surface area contributed by atoms with Crippen molar-refractivity contribution in [3.05, 3.63) is 53.9 Å². The zero-order valence-electron chi connectivity index (χ0n) is 18.9. The molecule has 0 radical (unpaired) electrons. The van der Waals surface area contributed by atoms with Gasteiger partial charge in [-0.15, -0.1) is 0 Å². The minimum atomic E-state index is -0.243. The summed E-state index contributed by atoms with van der Waals surface area (Å²) < 4.78 is 11.3. The van der Waals surface area contributed by atoms with Crippen molar-refractivity contribution in [2.45, 2.75) is 56.3 Å². The van der Waals surface area contributed by atoms with E-state index < -0.39 is 0 Å². The monoisotopic (exact) mass is 446 g/mol. The van der Waals surface area contributed by atoms with Gasteiger partial charge in [0, 0.05) is 43.8 Å². The van der Waals surface area contributed by atoms with Crippen LogP contribution in [-0.2, 0) is 10.2 Å². The zero-order valence-corrected chi connectivity index (χ0v) is 18.9. The number of hydrogen-bond acceptors (Lipinski definition) is 6. The molecule has 1 amide bonds. The van der Waals surface area contributed by atoms with Crippen LogP contribution in [0.5, 0.6) is 0 Å². The lowest BCUT2D eigenvalue weighted by atomic mass is 9.74. The third kappa shape index (κ3) is 4.03. The number of carbonyl (C=O) groups is 1. The van der Waals surface area contributed by atoms with Crippen LogP contribution < -0.4 is 0 Å². The highest BCUT2D eigenvalue weighted by Crippen LogP contribution is 2.46. The van der Waals surface area contributed by atoms with Crippen LogP contribution in [0.25, 0.3) is 10.8 Å². The van der Waals surface area contributed by atoms with Crippen LogP contribution >= 0.6 is 0 Å². The van der Waals surface area contributed by atoms with Gasteiger partial charge in [0.25, 0.3) is 5.91 Å². The van der Waals surface area contributed by atoms with Crippen molar-refractivity contribution in [3.8, 4) is 0 Å². The molecule has 2 aliphatic heterocycles. The highest BCUT2D eigenvalue weighted by Gasteiger charge is 2.46. The third-order valence-corrected chi connectivity index (χ3v) is 7.60. The van der Waals surface area contributed by atoms with Crippen LogP contribution in [0.4, 0.5) is 0 Å². The number of fused-ring (bicyclic) bond motifs is 1. The Morgan fingerprint density at radius 2 is 1.97 bits per heavy atom. The molecule has 2 saturated heterocycles. The number of likely N-dealkylation sites (tertiary alicyclic amines) is 1. The van der Waals surface area contributed by atoms with Crippen LogP contribution in [0.1, 0.15) is 73.1 Å². The number of pyridine rings is 1. The van der Waals surface area contributed by atoms with Crippen LogP contribution in [0.15, 0.2) is 41.1 Å². The van der Waals surface area contributed by atoms with E-state index in [1.54, 1.807) is 6.20 Å². The summed E-state index contributed by atoms with van der Waals surface area (Å²) in [7, 11) is 0. The predicted molar refractivity (Wildman–Crippen MR) is 123 cm³/mol. The lowest BCUT2D eigenvalue weighted by Crippen LogP contribution is -2.49.